The first-order chi connectivity index (χ1) is 9.13. The molecule has 0 bridgehead atoms. The normalized spacial score (nSPS) is 11.7. The van der Waals surface area contributed by atoms with E-state index in [1.165, 1.54) is 4.88 Å². The second-order valence-electron chi connectivity index (χ2n) is 4.20. The Hall–Kier alpha value is -2.06. The zero-order chi connectivity index (χ0) is 13.8. The van der Waals surface area contributed by atoms with Crippen LogP contribution in [-0.2, 0) is 0 Å². The van der Waals surface area contributed by atoms with Gasteiger partial charge in [-0.25, -0.2) is 4.98 Å². The van der Waals surface area contributed by atoms with Gasteiger partial charge in [0.25, 0.3) is 0 Å². The third-order valence-corrected chi connectivity index (χ3v) is 3.82. The number of nitriles is 1. The lowest BCUT2D eigenvalue weighted by atomic mass is 10.1. The Bertz CT molecular complexity index is 615. The molecule has 1 aromatic heterocycles. The molecule has 0 amide bonds. The number of hydrogen-bond acceptors (Lipinski definition) is 5. The fourth-order valence-electron chi connectivity index (χ4n) is 1.73. The van der Waals surface area contributed by atoms with E-state index < -0.39 is 0 Å². The zero-order valence-corrected chi connectivity index (χ0v) is 11.9. The van der Waals surface area contributed by atoms with Crippen molar-refractivity contribution in [2.45, 2.75) is 19.9 Å². The molecule has 5 heteroatoms. The molecule has 0 aliphatic carbocycles. The van der Waals surface area contributed by atoms with Crippen LogP contribution >= 0.6 is 11.3 Å². The lowest BCUT2D eigenvalue weighted by molar-refractivity contribution is 0.415. The van der Waals surface area contributed by atoms with Gasteiger partial charge in [0, 0.05) is 17.1 Å². The summed E-state index contributed by atoms with van der Waals surface area (Å²) in [6.07, 6.45) is 1.86. The molecule has 0 saturated heterocycles. The molecule has 98 valence electrons. The molecule has 2 aromatic rings. The predicted octanol–water partition coefficient (Wildman–Crippen LogP) is 3.50. The van der Waals surface area contributed by atoms with Gasteiger partial charge in [-0.1, -0.05) is 0 Å². The minimum atomic E-state index is 0.0536. The van der Waals surface area contributed by atoms with Crippen molar-refractivity contribution in [1.29, 1.82) is 5.26 Å². The van der Waals surface area contributed by atoms with Crippen LogP contribution in [-0.4, -0.2) is 12.1 Å². The van der Waals surface area contributed by atoms with E-state index in [1.807, 2.05) is 26.1 Å². The average molecular weight is 273 g/mol. The first kappa shape index (κ1) is 13.4. The van der Waals surface area contributed by atoms with Crippen LogP contribution in [0.1, 0.15) is 28.4 Å². The fraction of sp³-hybridized carbons (Fsp3) is 0.286. The average Bonchev–Trinajstić information content (AvgIpc) is 2.85. The number of aromatic nitrogens is 1. The Labute approximate surface area is 116 Å². The molecule has 1 heterocycles. The number of rotatable bonds is 4. The van der Waals surface area contributed by atoms with Gasteiger partial charge in [0.2, 0.25) is 0 Å². The Morgan fingerprint density at radius 2 is 2.26 bits per heavy atom. The Morgan fingerprint density at radius 1 is 1.47 bits per heavy atom. The molecule has 19 heavy (non-hydrogen) atoms. The molecule has 2 rings (SSSR count). The summed E-state index contributed by atoms with van der Waals surface area (Å²) >= 11 is 1.65. The SMILES string of the molecule is COc1ccc(C#N)c(NC(C)c2ncc(C)s2)c1. The molecule has 1 N–H and O–H groups in total. The van der Waals surface area contributed by atoms with Crippen molar-refractivity contribution in [1.82, 2.24) is 4.98 Å². The standard InChI is InChI=1S/C14H15N3OS/c1-9-8-16-14(19-9)10(2)17-13-6-12(18-3)5-4-11(13)7-15/h4-6,8,10,17H,1-3H3. The maximum atomic E-state index is 9.13. The van der Waals surface area contributed by atoms with Crippen LogP contribution in [0.25, 0.3) is 0 Å². The quantitative estimate of drug-likeness (QED) is 0.926. The molecule has 0 radical (unpaired) electrons. The van der Waals surface area contributed by atoms with Crippen LogP contribution in [0.2, 0.25) is 0 Å². The number of anilines is 1. The first-order valence-electron chi connectivity index (χ1n) is 5.91. The van der Waals surface area contributed by atoms with Gasteiger partial charge in [-0.2, -0.15) is 5.26 Å². The molecule has 0 spiro atoms. The van der Waals surface area contributed by atoms with Gasteiger partial charge < -0.3 is 10.1 Å². The maximum absolute atomic E-state index is 9.13. The van der Waals surface area contributed by atoms with E-state index >= 15 is 0 Å². The van der Waals surface area contributed by atoms with Gasteiger partial charge in [-0.05, 0) is 26.0 Å². The Balaban J connectivity index is 2.25. The summed E-state index contributed by atoms with van der Waals surface area (Å²) in [5.41, 5.74) is 1.36. The highest BCUT2D eigenvalue weighted by molar-refractivity contribution is 7.11. The van der Waals surface area contributed by atoms with E-state index in [9.17, 15) is 0 Å². The summed E-state index contributed by atoms with van der Waals surface area (Å²) in [6, 6.07) is 7.59. The minimum absolute atomic E-state index is 0.0536. The van der Waals surface area contributed by atoms with E-state index in [4.69, 9.17) is 10.00 Å². The van der Waals surface area contributed by atoms with Crippen LogP contribution in [0.3, 0.4) is 0 Å². The number of hydrogen-bond donors (Lipinski definition) is 1. The van der Waals surface area contributed by atoms with Crippen LogP contribution < -0.4 is 10.1 Å². The zero-order valence-electron chi connectivity index (χ0n) is 11.1. The van der Waals surface area contributed by atoms with Crippen LogP contribution in [0.4, 0.5) is 5.69 Å². The van der Waals surface area contributed by atoms with Gasteiger partial charge in [0.05, 0.1) is 24.4 Å². The van der Waals surface area contributed by atoms with Crippen molar-refractivity contribution in [2.24, 2.45) is 0 Å². The second kappa shape index (κ2) is 5.72. The second-order valence-corrected chi connectivity index (χ2v) is 5.46. The number of nitrogens with one attached hydrogen (secondary N) is 1. The smallest absolute Gasteiger partial charge is 0.121 e. The first-order valence-corrected chi connectivity index (χ1v) is 6.72. The summed E-state index contributed by atoms with van der Waals surface area (Å²) in [4.78, 5) is 5.53. The van der Waals surface area contributed by atoms with Crippen LogP contribution in [0, 0.1) is 18.3 Å². The summed E-state index contributed by atoms with van der Waals surface area (Å²) in [5.74, 6) is 0.726. The van der Waals surface area contributed by atoms with Crippen molar-refractivity contribution in [3.63, 3.8) is 0 Å². The molecule has 4 nitrogen and oxygen atoms in total. The third kappa shape index (κ3) is 3.04. The highest BCUT2D eigenvalue weighted by atomic mass is 32.1. The fourth-order valence-corrected chi connectivity index (χ4v) is 2.51. The monoisotopic (exact) mass is 273 g/mol. The molecule has 0 fully saturated rings. The highest BCUT2D eigenvalue weighted by Crippen LogP contribution is 2.27. The highest BCUT2D eigenvalue weighted by Gasteiger charge is 2.12. The van der Waals surface area contributed by atoms with Crippen LogP contribution in [0.5, 0.6) is 5.75 Å². The van der Waals surface area contributed by atoms with E-state index in [1.54, 1.807) is 30.6 Å². The summed E-state index contributed by atoms with van der Waals surface area (Å²) < 4.78 is 5.18. The summed E-state index contributed by atoms with van der Waals surface area (Å²) in [7, 11) is 1.61. The molecule has 0 aliphatic heterocycles. The molecular weight excluding hydrogens is 258 g/mol. The maximum Gasteiger partial charge on any atom is 0.121 e. The van der Waals surface area contributed by atoms with Crippen molar-refractivity contribution in [3.05, 3.63) is 39.8 Å². The van der Waals surface area contributed by atoms with Gasteiger partial charge in [-0.3, -0.25) is 0 Å². The van der Waals surface area contributed by atoms with Crippen LogP contribution in [0.15, 0.2) is 24.4 Å². The molecule has 0 aliphatic rings. The number of thiazole rings is 1. The van der Waals surface area contributed by atoms with Crippen molar-refractivity contribution < 1.29 is 4.74 Å². The Kier molecular flexibility index (Phi) is 4.03. The minimum Gasteiger partial charge on any atom is -0.497 e. The molecule has 1 unspecified atom stereocenters. The van der Waals surface area contributed by atoms with E-state index in [0.717, 1.165) is 16.4 Å². The Morgan fingerprint density at radius 3 is 2.84 bits per heavy atom. The summed E-state index contributed by atoms with van der Waals surface area (Å²) in [6.45, 7) is 4.05. The summed E-state index contributed by atoms with van der Waals surface area (Å²) in [5, 5.41) is 13.4. The van der Waals surface area contributed by atoms with Gasteiger partial charge in [-0.15, -0.1) is 11.3 Å². The third-order valence-electron chi connectivity index (χ3n) is 2.73. The van der Waals surface area contributed by atoms with Crippen molar-refractivity contribution in [2.75, 3.05) is 12.4 Å². The molecule has 1 atom stereocenters. The van der Waals surface area contributed by atoms with Gasteiger partial charge in [0.15, 0.2) is 0 Å². The number of methoxy groups -OCH3 is 1. The number of benzene rings is 1. The van der Waals surface area contributed by atoms with E-state index in [2.05, 4.69) is 16.4 Å². The van der Waals surface area contributed by atoms with Crippen molar-refractivity contribution in [3.8, 4) is 11.8 Å². The lowest BCUT2D eigenvalue weighted by Crippen LogP contribution is -2.07. The van der Waals surface area contributed by atoms with E-state index in [0.29, 0.717) is 5.56 Å². The van der Waals surface area contributed by atoms with Crippen molar-refractivity contribution >= 4 is 17.0 Å². The number of nitrogens with zero attached hydrogens (tertiary/aromatic N) is 2. The number of ether oxygens (including phenoxy) is 1. The number of aryl methyl sites for hydroxylation is 1. The van der Waals surface area contributed by atoms with Gasteiger partial charge in [0.1, 0.15) is 16.8 Å². The lowest BCUT2D eigenvalue weighted by Gasteiger charge is -2.14. The predicted molar refractivity (Wildman–Crippen MR) is 76.6 cm³/mol. The van der Waals surface area contributed by atoms with Gasteiger partial charge >= 0.3 is 0 Å². The largest absolute Gasteiger partial charge is 0.497 e. The molecule has 1 aromatic carbocycles. The molecular formula is C14H15N3OS. The van der Waals surface area contributed by atoms with E-state index in [-0.39, 0.29) is 6.04 Å². The molecule has 0 saturated carbocycles. The topological polar surface area (TPSA) is 57.9 Å².